The number of nitrogens with one attached hydrogen (secondary N) is 1. The third-order valence-electron chi connectivity index (χ3n) is 5.99. The van der Waals surface area contributed by atoms with Gasteiger partial charge in [0.25, 0.3) is 0 Å². The summed E-state index contributed by atoms with van der Waals surface area (Å²) in [4.78, 5) is 0. The predicted octanol–water partition coefficient (Wildman–Crippen LogP) is 4.23. The van der Waals surface area contributed by atoms with Gasteiger partial charge in [0, 0.05) is 6.04 Å². The second kappa shape index (κ2) is 5.53. The van der Waals surface area contributed by atoms with Crippen molar-refractivity contribution in [3.8, 4) is 0 Å². The zero-order valence-corrected chi connectivity index (χ0v) is 12.3. The first kappa shape index (κ1) is 13.0. The maximum Gasteiger partial charge on any atom is 0.0124 e. The van der Waals surface area contributed by atoms with Crippen LogP contribution in [0.3, 0.4) is 0 Å². The molecule has 0 bridgehead atoms. The Bertz CT molecular complexity index is 257. The fourth-order valence-corrected chi connectivity index (χ4v) is 4.73. The lowest BCUT2D eigenvalue weighted by Crippen LogP contribution is -2.43. The van der Waals surface area contributed by atoms with E-state index in [0.29, 0.717) is 0 Å². The van der Waals surface area contributed by atoms with Crippen molar-refractivity contribution in [1.29, 1.82) is 0 Å². The summed E-state index contributed by atoms with van der Waals surface area (Å²) in [7, 11) is 0. The fraction of sp³-hybridized carbons (Fsp3) is 1.00. The standard InChI is InChI=1S/C17H31N/c1-3-8-18-17(13-6-4-12(2)5-7-13)16-10-14-9-15(14)11-16/h12-18H,3-11H2,1-2H3. The molecule has 0 aromatic rings. The van der Waals surface area contributed by atoms with Crippen LogP contribution in [0.5, 0.6) is 0 Å². The van der Waals surface area contributed by atoms with Crippen LogP contribution in [-0.4, -0.2) is 12.6 Å². The summed E-state index contributed by atoms with van der Waals surface area (Å²) in [6.45, 7) is 5.98. The smallest absolute Gasteiger partial charge is 0.0124 e. The zero-order valence-electron chi connectivity index (χ0n) is 12.3. The highest BCUT2D eigenvalue weighted by molar-refractivity contribution is 5.01. The van der Waals surface area contributed by atoms with Gasteiger partial charge >= 0.3 is 0 Å². The van der Waals surface area contributed by atoms with Crippen LogP contribution in [-0.2, 0) is 0 Å². The molecule has 3 rings (SSSR count). The van der Waals surface area contributed by atoms with Gasteiger partial charge in [-0.2, -0.15) is 0 Å². The Morgan fingerprint density at radius 2 is 1.61 bits per heavy atom. The van der Waals surface area contributed by atoms with Gasteiger partial charge in [-0.15, -0.1) is 0 Å². The summed E-state index contributed by atoms with van der Waals surface area (Å²) in [5.41, 5.74) is 0. The minimum atomic E-state index is 0.866. The van der Waals surface area contributed by atoms with Gasteiger partial charge in [-0.05, 0) is 74.7 Å². The number of rotatable bonds is 5. The molecule has 0 aromatic carbocycles. The molecule has 0 aliphatic heterocycles. The molecule has 104 valence electrons. The highest BCUT2D eigenvalue weighted by Gasteiger charge is 2.48. The third kappa shape index (κ3) is 2.76. The summed E-state index contributed by atoms with van der Waals surface area (Å²) < 4.78 is 0. The van der Waals surface area contributed by atoms with Crippen molar-refractivity contribution in [3.63, 3.8) is 0 Å². The van der Waals surface area contributed by atoms with Crippen LogP contribution in [0.1, 0.15) is 65.2 Å². The number of hydrogen-bond acceptors (Lipinski definition) is 1. The summed E-state index contributed by atoms with van der Waals surface area (Å²) in [5, 5.41) is 3.94. The van der Waals surface area contributed by atoms with Crippen molar-refractivity contribution in [2.75, 3.05) is 6.54 Å². The van der Waals surface area contributed by atoms with E-state index in [0.717, 1.165) is 35.6 Å². The molecule has 0 heterocycles. The van der Waals surface area contributed by atoms with Gasteiger partial charge < -0.3 is 5.32 Å². The van der Waals surface area contributed by atoms with Crippen molar-refractivity contribution in [1.82, 2.24) is 5.32 Å². The largest absolute Gasteiger partial charge is 0.313 e. The third-order valence-corrected chi connectivity index (χ3v) is 5.99. The SMILES string of the molecule is CCCNC(C1CCC(C)CC1)C1CC2CC2C1. The van der Waals surface area contributed by atoms with Gasteiger partial charge in [0.1, 0.15) is 0 Å². The molecule has 0 spiro atoms. The Hall–Kier alpha value is -0.0400. The van der Waals surface area contributed by atoms with Crippen LogP contribution in [0.2, 0.25) is 0 Å². The molecular weight excluding hydrogens is 218 g/mol. The Morgan fingerprint density at radius 3 is 2.22 bits per heavy atom. The van der Waals surface area contributed by atoms with Crippen molar-refractivity contribution in [2.24, 2.45) is 29.6 Å². The van der Waals surface area contributed by atoms with E-state index in [2.05, 4.69) is 19.2 Å². The van der Waals surface area contributed by atoms with Gasteiger partial charge in [0.15, 0.2) is 0 Å². The van der Waals surface area contributed by atoms with Crippen molar-refractivity contribution >= 4 is 0 Å². The second-order valence-corrected chi connectivity index (χ2v) is 7.49. The van der Waals surface area contributed by atoms with E-state index < -0.39 is 0 Å². The van der Waals surface area contributed by atoms with E-state index in [9.17, 15) is 0 Å². The van der Waals surface area contributed by atoms with Gasteiger partial charge in [-0.25, -0.2) is 0 Å². The molecule has 1 nitrogen and oxygen atoms in total. The summed E-state index contributed by atoms with van der Waals surface area (Å²) in [5.74, 6) is 5.30. The highest BCUT2D eigenvalue weighted by Crippen LogP contribution is 2.56. The molecule has 0 radical (unpaired) electrons. The van der Waals surface area contributed by atoms with E-state index in [-0.39, 0.29) is 0 Å². The normalized spacial score (nSPS) is 44.7. The molecule has 3 atom stereocenters. The molecule has 3 aliphatic rings. The van der Waals surface area contributed by atoms with E-state index in [4.69, 9.17) is 0 Å². The van der Waals surface area contributed by atoms with Crippen LogP contribution in [0.25, 0.3) is 0 Å². The topological polar surface area (TPSA) is 12.0 Å². The average Bonchev–Trinajstić information content (AvgIpc) is 2.99. The maximum absolute atomic E-state index is 3.94. The Balaban J connectivity index is 1.57. The Labute approximate surface area is 113 Å². The van der Waals surface area contributed by atoms with Crippen LogP contribution >= 0.6 is 0 Å². The predicted molar refractivity (Wildman–Crippen MR) is 77.5 cm³/mol. The molecule has 3 saturated carbocycles. The van der Waals surface area contributed by atoms with Gasteiger partial charge in [-0.1, -0.05) is 26.7 Å². The molecule has 3 aliphatic carbocycles. The first-order chi connectivity index (χ1) is 8.78. The number of hydrogen-bond donors (Lipinski definition) is 1. The minimum Gasteiger partial charge on any atom is -0.313 e. The monoisotopic (exact) mass is 249 g/mol. The highest BCUT2D eigenvalue weighted by atomic mass is 14.9. The molecular formula is C17H31N. The molecule has 0 aromatic heterocycles. The van der Waals surface area contributed by atoms with E-state index in [1.54, 1.807) is 19.3 Å². The summed E-state index contributed by atoms with van der Waals surface area (Å²) >= 11 is 0. The lowest BCUT2D eigenvalue weighted by atomic mass is 9.74. The Morgan fingerprint density at radius 1 is 0.944 bits per heavy atom. The number of fused-ring (bicyclic) bond motifs is 1. The van der Waals surface area contributed by atoms with E-state index in [1.165, 1.54) is 38.6 Å². The van der Waals surface area contributed by atoms with Crippen LogP contribution in [0.15, 0.2) is 0 Å². The maximum atomic E-state index is 3.94. The van der Waals surface area contributed by atoms with E-state index in [1.807, 2.05) is 0 Å². The minimum absolute atomic E-state index is 0.866. The van der Waals surface area contributed by atoms with Gasteiger partial charge in [0.2, 0.25) is 0 Å². The Kier molecular flexibility index (Phi) is 3.98. The lowest BCUT2D eigenvalue weighted by molar-refractivity contribution is 0.177. The zero-order chi connectivity index (χ0) is 12.5. The van der Waals surface area contributed by atoms with Crippen LogP contribution in [0.4, 0.5) is 0 Å². The lowest BCUT2D eigenvalue weighted by Gasteiger charge is -2.37. The second-order valence-electron chi connectivity index (χ2n) is 7.49. The first-order valence-corrected chi connectivity index (χ1v) is 8.51. The molecule has 1 N–H and O–H groups in total. The van der Waals surface area contributed by atoms with Crippen molar-refractivity contribution < 1.29 is 0 Å². The quantitative estimate of drug-likeness (QED) is 0.769. The fourth-order valence-electron chi connectivity index (χ4n) is 4.73. The molecule has 3 unspecified atom stereocenters. The first-order valence-electron chi connectivity index (χ1n) is 8.51. The summed E-state index contributed by atoms with van der Waals surface area (Å²) in [6.07, 6.45) is 11.9. The summed E-state index contributed by atoms with van der Waals surface area (Å²) in [6, 6.07) is 0.866. The van der Waals surface area contributed by atoms with E-state index >= 15 is 0 Å². The molecule has 1 heteroatoms. The van der Waals surface area contributed by atoms with Crippen molar-refractivity contribution in [3.05, 3.63) is 0 Å². The van der Waals surface area contributed by atoms with Gasteiger partial charge in [0.05, 0.1) is 0 Å². The van der Waals surface area contributed by atoms with Crippen molar-refractivity contribution in [2.45, 2.75) is 71.3 Å². The van der Waals surface area contributed by atoms with Crippen LogP contribution in [0, 0.1) is 29.6 Å². The molecule has 3 fully saturated rings. The molecule has 0 saturated heterocycles. The van der Waals surface area contributed by atoms with Gasteiger partial charge in [-0.3, -0.25) is 0 Å². The molecule has 18 heavy (non-hydrogen) atoms. The van der Waals surface area contributed by atoms with Crippen LogP contribution < -0.4 is 5.32 Å². The average molecular weight is 249 g/mol. The molecule has 0 amide bonds.